The number of hydrogen-bond donors (Lipinski definition) is 1. The van der Waals surface area contributed by atoms with Gasteiger partial charge in [-0.05, 0) is 42.5 Å². The van der Waals surface area contributed by atoms with Crippen LogP contribution in [-0.2, 0) is 6.42 Å². The molecule has 1 aromatic rings. The van der Waals surface area contributed by atoms with Crippen molar-refractivity contribution < 1.29 is 9.13 Å². The predicted octanol–water partition coefficient (Wildman–Crippen LogP) is 2.76. The second kappa shape index (κ2) is 4.23. The van der Waals surface area contributed by atoms with Crippen molar-refractivity contribution in [2.75, 3.05) is 13.1 Å². The first-order chi connectivity index (χ1) is 8.54. The SMILES string of the molecule is CC1(C)CC1CNCC1Cc2cc(F)ccc2O1. The molecule has 0 bridgehead atoms. The van der Waals surface area contributed by atoms with Gasteiger partial charge in [0.05, 0.1) is 0 Å². The molecule has 0 saturated heterocycles. The van der Waals surface area contributed by atoms with Crippen LogP contribution in [0, 0.1) is 17.2 Å². The van der Waals surface area contributed by atoms with Crippen molar-refractivity contribution in [3.63, 3.8) is 0 Å². The number of rotatable bonds is 4. The molecule has 1 aliphatic heterocycles. The van der Waals surface area contributed by atoms with E-state index in [-0.39, 0.29) is 11.9 Å². The van der Waals surface area contributed by atoms with E-state index in [1.807, 2.05) is 0 Å². The molecule has 0 amide bonds. The summed E-state index contributed by atoms with van der Waals surface area (Å²) in [6, 6.07) is 4.77. The van der Waals surface area contributed by atoms with Gasteiger partial charge in [-0.3, -0.25) is 0 Å². The van der Waals surface area contributed by atoms with E-state index < -0.39 is 0 Å². The number of halogens is 1. The van der Waals surface area contributed by atoms with Crippen LogP contribution < -0.4 is 10.1 Å². The lowest BCUT2D eigenvalue weighted by atomic mass is 10.1. The number of fused-ring (bicyclic) bond motifs is 1. The lowest BCUT2D eigenvalue weighted by molar-refractivity contribution is 0.226. The van der Waals surface area contributed by atoms with Crippen molar-refractivity contribution in [3.05, 3.63) is 29.6 Å². The molecule has 2 aliphatic rings. The molecule has 1 fully saturated rings. The van der Waals surface area contributed by atoms with Gasteiger partial charge >= 0.3 is 0 Å². The van der Waals surface area contributed by atoms with Gasteiger partial charge in [-0.1, -0.05) is 13.8 Å². The fourth-order valence-electron chi connectivity index (χ4n) is 2.75. The fraction of sp³-hybridized carbons (Fsp3) is 0.600. The van der Waals surface area contributed by atoms with Gasteiger partial charge in [0.2, 0.25) is 0 Å². The number of nitrogens with one attached hydrogen (secondary N) is 1. The molecule has 0 aromatic heterocycles. The lowest BCUT2D eigenvalue weighted by Crippen LogP contribution is -2.31. The Morgan fingerprint density at radius 1 is 1.39 bits per heavy atom. The van der Waals surface area contributed by atoms with E-state index in [1.165, 1.54) is 12.5 Å². The second-order valence-electron chi connectivity index (χ2n) is 6.24. The molecule has 1 aromatic carbocycles. The van der Waals surface area contributed by atoms with Crippen LogP contribution in [0.5, 0.6) is 5.75 Å². The molecule has 1 aliphatic carbocycles. The monoisotopic (exact) mass is 249 g/mol. The summed E-state index contributed by atoms with van der Waals surface area (Å²) in [6.07, 6.45) is 2.29. The molecule has 18 heavy (non-hydrogen) atoms. The highest BCUT2D eigenvalue weighted by atomic mass is 19.1. The van der Waals surface area contributed by atoms with Gasteiger partial charge in [-0.15, -0.1) is 0 Å². The Kier molecular flexibility index (Phi) is 2.81. The van der Waals surface area contributed by atoms with Gasteiger partial charge in [-0.2, -0.15) is 0 Å². The molecule has 1 N–H and O–H groups in total. The minimum atomic E-state index is -0.175. The summed E-state index contributed by atoms with van der Waals surface area (Å²) in [6.45, 7) is 6.54. The van der Waals surface area contributed by atoms with E-state index >= 15 is 0 Å². The van der Waals surface area contributed by atoms with Crippen molar-refractivity contribution in [2.45, 2.75) is 32.8 Å². The Labute approximate surface area is 108 Å². The van der Waals surface area contributed by atoms with Crippen LogP contribution in [0.1, 0.15) is 25.8 Å². The Morgan fingerprint density at radius 3 is 2.89 bits per heavy atom. The summed E-state index contributed by atoms with van der Waals surface area (Å²) in [5.41, 5.74) is 1.52. The first-order valence-corrected chi connectivity index (χ1v) is 6.70. The van der Waals surface area contributed by atoms with Crippen LogP contribution in [0.4, 0.5) is 4.39 Å². The van der Waals surface area contributed by atoms with E-state index in [0.29, 0.717) is 5.41 Å². The van der Waals surface area contributed by atoms with Gasteiger partial charge in [0.25, 0.3) is 0 Å². The summed E-state index contributed by atoms with van der Waals surface area (Å²) in [4.78, 5) is 0. The molecule has 3 heteroatoms. The molecule has 1 saturated carbocycles. The quantitative estimate of drug-likeness (QED) is 0.886. The molecule has 2 nitrogen and oxygen atoms in total. The topological polar surface area (TPSA) is 21.3 Å². The Hall–Kier alpha value is -1.09. The van der Waals surface area contributed by atoms with E-state index in [1.54, 1.807) is 12.1 Å². The van der Waals surface area contributed by atoms with E-state index in [2.05, 4.69) is 19.2 Å². The summed E-state index contributed by atoms with van der Waals surface area (Å²) in [5.74, 6) is 1.47. The third-order valence-electron chi connectivity index (χ3n) is 4.24. The lowest BCUT2D eigenvalue weighted by Gasteiger charge is -2.12. The molecule has 0 spiro atoms. The van der Waals surface area contributed by atoms with Crippen molar-refractivity contribution in [1.29, 1.82) is 0 Å². The molecular formula is C15H20FNO. The molecule has 0 radical (unpaired) electrons. The number of benzene rings is 1. The van der Waals surface area contributed by atoms with Crippen LogP contribution in [-0.4, -0.2) is 19.2 Å². The summed E-state index contributed by atoms with van der Waals surface area (Å²) in [7, 11) is 0. The minimum absolute atomic E-state index is 0.156. The second-order valence-corrected chi connectivity index (χ2v) is 6.24. The summed E-state index contributed by atoms with van der Waals surface area (Å²) < 4.78 is 18.9. The highest BCUT2D eigenvalue weighted by molar-refractivity contribution is 5.37. The highest BCUT2D eigenvalue weighted by Crippen LogP contribution is 2.50. The maximum Gasteiger partial charge on any atom is 0.123 e. The third-order valence-corrected chi connectivity index (χ3v) is 4.24. The van der Waals surface area contributed by atoms with E-state index in [4.69, 9.17) is 4.74 Å². The standard InChI is InChI=1S/C15H20FNO/c1-15(2)7-11(15)8-17-9-13-6-10-5-12(16)3-4-14(10)18-13/h3-5,11,13,17H,6-9H2,1-2H3. The van der Waals surface area contributed by atoms with Crippen molar-refractivity contribution in [2.24, 2.45) is 11.3 Å². The number of ether oxygens (including phenoxy) is 1. The van der Waals surface area contributed by atoms with Crippen LogP contribution in [0.15, 0.2) is 18.2 Å². The largest absolute Gasteiger partial charge is 0.488 e. The molecule has 2 atom stereocenters. The third kappa shape index (κ3) is 2.37. The maximum atomic E-state index is 13.1. The maximum absolute atomic E-state index is 13.1. The zero-order valence-electron chi connectivity index (χ0n) is 11.0. The molecule has 3 rings (SSSR count). The molecular weight excluding hydrogens is 229 g/mol. The van der Waals surface area contributed by atoms with Gasteiger partial charge in [0, 0.05) is 18.5 Å². The number of hydrogen-bond acceptors (Lipinski definition) is 2. The average molecular weight is 249 g/mol. The zero-order chi connectivity index (χ0) is 12.8. The Bertz CT molecular complexity index is 458. The average Bonchev–Trinajstić information content (AvgIpc) is 2.72. The van der Waals surface area contributed by atoms with E-state index in [9.17, 15) is 4.39 Å². The fourth-order valence-corrected chi connectivity index (χ4v) is 2.75. The molecule has 2 unspecified atom stereocenters. The van der Waals surface area contributed by atoms with Crippen LogP contribution in [0.2, 0.25) is 0 Å². The van der Waals surface area contributed by atoms with Gasteiger partial charge < -0.3 is 10.1 Å². The minimum Gasteiger partial charge on any atom is -0.488 e. The van der Waals surface area contributed by atoms with Crippen molar-refractivity contribution in [1.82, 2.24) is 5.32 Å². The normalized spacial score (nSPS) is 27.7. The Balaban J connectivity index is 1.47. The zero-order valence-corrected chi connectivity index (χ0v) is 11.0. The van der Waals surface area contributed by atoms with Crippen molar-refractivity contribution in [3.8, 4) is 5.75 Å². The summed E-state index contributed by atoms with van der Waals surface area (Å²) in [5, 5.41) is 3.48. The van der Waals surface area contributed by atoms with E-state index in [0.717, 1.165) is 36.7 Å². The van der Waals surface area contributed by atoms with Gasteiger partial charge in [0.15, 0.2) is 0 Å². The predicted molar refractivity (Wildman–Crippen MR) is 69.3 cm³/mol. The van der Waals surface area contributed by atoms with Crippen LogP contribution >= 0.6 is 0 Å². The molecule has 98 valence electrons. The van der Waals surface area contributed by atoms with Gasteiger partial charge in [0.1, 0.15) is 17.7 Å². The highest BCUT2D eigenvalue weighted by Gasteiger charge is 2.44. The van der Waals surface area contributed by atoms with Crippen LogP contribution in [0.25, 0.3) is 0 Å². The van der Waals surface area contributed by atoms with Gasteiger partial charge in [-0.25, -0.2) is 4.39 Å². The first-order valence-electron chi connectivity index (χ1n) is 6.70. The Morgan fingerprint density at radius 2 is 2.17 bits per heavy atom. The smallest absolute Gasteiger partial charge is 0.123 e. The molecule has 1 heterocycles. The van der Waals surface area contributed by atoms with Crippen LogP contribution in [0.3, 0.4) is 0 Å². The first kappa shape index (κ1) is 12.0. The summed E-state index contributed by atoms with van der Waals surface area (Å²) >= 11 is 0. The van der Waals surface area contributed by atoms with Crippen molar-refractivity contribution >= 4 is 0 Å².